The number of rotatable bonds is 6. The zero-order valence-corrected chi connectivity index (χ0v) is 9.94. The Labute approximate surface area is 96.7 Å². The van der Waals surface area contributed by atoms with Crippen LogP contribution in [0, 0.1) is 0 Å². The SMILES string of the molecule is CCN(CC)C(=O)CNCc1ccncc1. The van der Waals surface area contributed by atoms with E-state index in [1.54, 1.807) is 12.4 Å². The van der Waals surface area contributed by atoms with Crippen molar-refractivity contribution in [2.45, 2.75) is 20.4 Å². The summed E-state index contributed by atoms with van der Waals surface area (Å²) in [4.78, 5) is 17.4. The van der Waals surface area contributed by atoms with Gasteiger partial charge in [0.25, 0.3) is 0 Å². The van der Waals surface area contributed by atoms with Crippen LogP contribution < -0.4 is 5.32 Å². The van der Waals surface area contributed by atoms with Gasteiger partial charge in [-0.05, 0) is 31.5 Å². The molecule has 16 heavy (non-hydrogen) atoms. The minimum Gasteiger partial charge on any atom is -0.342 e. The van der Waals surface area contributed by atoms with E-state index in [-0.39, 0.29) is 5.91 Å². The van der Waals surface area contributed by atoms with Gasteiger partial charge in [0.1, 0.15) is 0 Å². The average molecular weight is 221 g/mol. The molecule has 0 aromatic carbocycles. The first-order valence-electron chi connectivity index (χ1n) is 5.65. The molecule has 0 saturated carbocycles. The number of hydrogen-bond acceptors (Lipinski definition) is 3. The van der Waals surface area contributed by atoms with Crippen molar-refractivity contribution in [2.75, 3.05) is 19.6 Å². The number of pyridine rings is 1. The van der Waals surface area contributed by atoms with Gasteiger partial charge in [-0.3, -0.25) is 9.78 Å². The molecule has 1 amide bonds. The molecule has 88 valence electrons. The third kappa shape index (κ3) is 3.98. The second kappa shape index (κ2) is 6.95. The predicted molar refractivity (Wildman–Crippen MR) is 63.9 cm³/mol. The number of nitrogens with one attached hydrogen (secondary N) is 1. The maximum Gasteiger partial charge on any atom is 0.236 e. The van der Waals surface area contributed by atoms with Crippen molar-refractivity contribution in [3.63, 3.8) is 0 Å². The Kier molecular flexibility index (Phi) is 5.50. The first kappa shape index (κ1) is 12.6. The highest BCUT2D eigenvalue weighted by atomic mass is 16.2. The maximum atomic E-state index is 11.6. The van der Waals surface area contributed by atoms with Crippen LogP contribution in [0.5, 0.6) is 0 Å². The van der Waals surface area contributed by atoms with E-state index in [1.165, 1.54) is 0 Å². The topological polar surface area (TPSA) is 45.2 Å². The first-order valence-corrected chi connectivity index (χ1v) is 5.65. The fourth-order valence-corrected chi connectivity index (χ4v) is 1.50. The summed E-state index contributed by atoms with van der Waals surface area (Å²) in [7, 11) is 0. The van der Waals surface area contributed by atoms with E-state index in [2.05, 4.69) is 10.3 Å². The van der Waals surface area contributed by atoms with Crippen LogP contribution in [0.3, 0.4) is 0 Å². The molecule has 1 N–H and O–H groups in total. The third-order valence-corrected chi connectivity index (χ3v) is 2.47. The number of amides is 1. The number of nitrogens with zero attached hydrogens (tertiary/aromatic N) is 2. The van der Waals surface area contributed by atoms with E-state index in [1.807, 2.05) is 30.9 Å². The Balaban J connectivity index is 2.28. The fourth-order valence-electron chi connectivity index (χ4n) is 1.50. The zero-order chi connectivity index (χ0) is 11.8. The first-order chi connectivity index (χ1) is 7.77. The minimum absolute atomic E-state index is 0.152. The lowest BCUT2D eigenvalue weighted by Gasteiger charge is -2.18. The van der Waals surface area contributed by atoms with Crippen molar-refractivity contribution in [1.82, 2.24) is 15.2 Å². The van der Waals surface area contributed by atoms with Crippen molar-refractivity contribution < 1.29 is 4.79 Å². The van der Waals surface area contributed by atoms with Gasteiger partial charge in [0, 0.05) is 32.0 Å². The van der Waals surface area contributed by atoms with E-state index >= 15 is 0 Å². The summed E-state index contributed by atoms with van der Waals surface area (Å²) >= 11 is 0. The van der Waals surface area contributed by atoms with Crippen LogP contribution in [0.25, 0.3) is 0 Å². The molecule has 0 saturated heterocycles. The van der Waals surface area contributed by atoms with Gasteiger partial charge in [0.15, 0.2) is 0 Å². The van der Waals surface area contributed by atoms with Crippen molar-refractivity contribution in [1.29, 1.82) is 0 Å². The molecule has 4 nitrogen and oxygen atoms in total. The number of carbonyl (C=O) groups excluding carboxylic acids is 1. The normalized spacial score (nSPS) is 10.1. The van der Waals surface area contributed by atoms with Gasteiger partial charge in [0.2, 0.25) is 5.91 Å². The average Bonchev–Trinajstić information content (AvgIpc) is 2.32. The van der Waals surface area contributed by atoms with E-state index in [0.29, 0.717) is 13.1 Å². The number of hydrogen-bond donors (Lipinski definition) is 1. The molecule has 1 rings (SSSR count). The molecule has 0 aliphatic carbocycles. The zero-order valence-electron chi connectivity index (χ0n) is 9.94. The van der Waals surface area contributed by atoms with Gasteiger partial charge >= 0.3 is 0 Å². The van der Waals surface area contributed by atoms with E-state index < -0.39 is 0 Å². The summed E-state index contributed by atoms with van der Waals surface area (Å²) in [6, 6.07) is 3.88. The van der Waals surface area contributed by atoms with Crippen molar-refractivity contribution in [2.24, 2.45) is 0 Å². The minimum atomic E-state index is 0.152. The summed E-state index contributed by atoms with van der Waals surface area (Å²) in [6.45, 7) is 6.62. The molecular weight excluding hydrogens is 202 g/mol. The van der Waals surface area contributed by atoms with Crippen molar-refractivity contribution >= 4 is 5.91 Å². The van der Waals surface area contributed by atoms with Crippen LogP contribution in [0.15, 0.2) is 24.5 Å². The number of likely N-dealkylation sites (N-methyl/N-ethyl adjacent to an activating group) is 1. The second-order valence-electron chi connectivity index (χ2n) is 3.53. The van der Waals surface area contributed by atoms with Crippen LogP contribution in [-0.2, 0) is 11.3 Å². The maximum absolute atomic E-state index is 11.6. The van der Waals surface area contributed by atoms with Gasteiger partial charge in [-0.25, -0.2) is 0 Å². The Hall–Kier alpha value is -1.42. The lowest BCUT2D eigenvalue weighted by atomic mass is 10.3. The van der Waals surface area contributed by atoms with Crippen molar-refractivity contribution in [3.05, 3.63) is 30.1 Å². The highest BCUT2D eigenvalue weighted by Crippen LogP contribution is 1.95. The molecule has 0 bridgehead atoms. The Morgan fingerprint density at radius 2 is 1.94 bits per heavy atom. The molecule has 0 radical (unpaired) electrons. The second-order valence-corrected chi connectivity index (χ2v) is 3.53. The molecule has 0 fully saturated rings. The van der Waals surface area contributed by atoms with Gasteiger partial charge < -0.3 is 10.2 Å². The summed E-state index contributed by atoms with van der Waals surface area (Å²) in [5, 5.41) is 3.13. The van der Waals surface area contributed by atoms with Crippen LogP contribution in [-0.4, -0.2) is 35.4 Å². The molecule has 0 spiro atoms. The fraction of sp³-hybridized carbons (Fsp3) is 0.500. The van der Waals surface area contributed by atoms with Crippen LogP contribution in [0.1, 0.15) is 19.4 Å². The molecular formula is C12H19N3O. The lowest BCUT2D eigenvalue weighted by molar-refractivity contribution is -0.129. The largest absolute Gasteiger partial charge is 0.342 e. The summed E-state index contributed by atoms with van der Waals surface area (Å²) in [5.74, 6) is 0.152. The molecule has 0 unspecified atom stereocenters. The van der Waals surface area contributed by atoms with Gasteiger partial charge in [-0.1, -0.05) is 0 Å². The summed E-state index contributed by atoms with van der Waals surface area (Å²) in [5.41, 5.74) is 1.14. The standard InChI is InChI=1S/C12H19N3O/c1-3-15(4-2)12(16)10-14-9-11-5-7-13-8-6-11/h5-8,14H,3-4,9-10H2,1-2H3. The van der Waals surface area contributed by atoms with Gasteiger partial charge in [-0.2, -0.15) is 0 Å². The van der Waals surface area contributed by atoms with Crippen LogP contribution in [0.4, 0.5) is 0 Å². The van der Waals surface area contributed by atoms with E-state index in [4.69, 9.17) is 0 Å². The Bertz CT molecular complexity index is 309. The molecule has 1 aromatic rings. The monoisotopic (exact) mass is 221 g/mol. The molecule has 0 aliphatic heterocycles. The third-order valence-electron chi connectivity index (χ3n) is 2.47. The van der Waals surface area contributed by atoms with Crippen LogP contribution >= 0.6 is 0 Å². The smallest absolute Gasteiger partial charge is 0.236 e. The summed E-state index contributed by atoms with van der Waals surface area (Å²) < 4.78 is 0. The number of aromatic nitrogens is 1. The van der Waals surface area contributed by atoms with Crippen molar-refractivity contribution in [3.8, 4) is 0 Å². The number of carbonyl (C=O) groups is 1. The van der Waals surface area contributed by atoms with Gasteiger partial charge in [0.05, 0.1) is 6.54 Å². The molecule has 4 heteroatoms. The lowest BCUT2D eigenvalue weighted by Crippen LogP contribution is -2.37. The highest BCUT2D eigenvalue weighted by Gasteiger charge is 2.07. The van der Waals surface area contributed by atoms with Gasteiger partial charge in [-0.15, -0.1) is 0 Å². The van der Waals surface area contributed by atoms with E-state index in [9.17, 15) is 4.79 Å². The molecule has 0 aliphatic rings. The van der Waals surface area contributed by atoms with E-state index in [0.717, 1.165) is 18.7 Å². The molecule has 0 atom stereocenters. The summed E-state index contributed by atoms with van der Waals surface area (Å²) in [6.07, 6.45) is 3.51. The highest BCUT2D eigenvalue weighted by molar-refractivity contribution is 5.78. The predicted octanol–water partition coefficient (Wildman–Crippen LogP) is 1.04. The quantitative estimate of drug-likeness (QED) is 0.780. The molecule has 1 heterocycles. The van der Waals surface area contributed by atoms with Crippen LogP contribution in [0.2, 0.25) is 0 Å². The Morgan fingerprint density at radius 3 is 2.50 bits per heavy atom. The molecule has 1 aromatic heterocycles. The Morgan fingerprint density at radius 1 is 1.31 bits per heavy atom.